The number of benzene rings is 2. The molecule has 0 N–H and O–H groups in total. The van der Waals surface area contributed by atoms with Crippen LogP contribution in [-0.4, -0.2) is 8.78 Å². The van der Waals surface area contributed by atoms with Gasteiger partial charge in [0.25, 0.3) is 0 Å². The Bertz CT molecular complexity index is 828. The second-order valence-electron chi connectivity index (χ2n) is 5.10. The van der Waals surface area contributed by atoms with E-state index in [2.05, 4.69) is 22.8 Å². The van der Waals surface area contributed by atoms with Crippen LogP contribution in [0.5, 0.6) is 0 Å². The average molecular weight is 295 g/mol. The lowest BCUT2D eigenvalue weighted by atomic mass is 10.2. The zero-order valence-corrected chi connectivity index (χ0v) is 12.9. The third kappa shape index (κ3) is 2.83. The molecule has 1 atom stereocenters. The molecule has 0 unspecified atom stereocenters. The molecule has 0 saturated heterocycles. The van der Waals surface area contributed by atoms with Gasteiger partial charge in [0.2, 0.25) is 0 Å². The van der Waals surface area contributed by atoms with Crippen molar-refractivity contribution in [1.82, 2.24) is 4.57 Å². The van der Waals surface area contributed by atoms with Gasteiger partial charge in [0.05, 0.1) is 10.8 Å². The maximum Gasteiger partial charge on any atom is 0.0776 e. The van der Waals surface area contributed by atoms with E-state index in [-0.39, 0.29) is 0 Å². The predicted octanol–water partition coefficient (Wildman–Crippen LogP) is 4.27. The normalized spacial score (nSPS) is 13.0. The van der Waals surface area contributed by atoms with Gasteiger partial charge in [-0.05, 0) is 37.3 Å². The Morgan fingerprint density at radius 2 is 1.76 bits per heavy atom. The third-order valence-electron chi connectivity index (χ3n) is 3.60. The summed E-state index contributed by atoms with van der Waals surface area (Å²) >= 11 is 0. The van der Waals surface area contributed by atoms with Crippen LogP contribution in [-0.2, 0) is 17.8 Å². The van der Waals surface area contributed by atoms with Crippen LogP contribution in [0.1, 0.15) is 11.3 Å². The van der Waals surface area contributed by atoms with Crippen molar-refractivity contribution >= 4 is 27.8 Å². The van der Waals surface area contributed by atoms with E-state index < -0.39 is 10.8 Å². The highest BCUT2D eigenvalue weighted by molar-refractivity contribution is 7.88. The number of fused-ring (bicyclic) bond motifs is 1. The van der Waals surface area contributed by atoms with Gasteiger partial charge in [-0.15, -0.1) is 0 Å². The Hall–Kier alpha value is -2.13. The van der Waals surface area contributed by atoms with Crippen LogP contribution in [0.3, 0.4) is 0 Å². The highest BCUT2D eigenvalue weighted by Gasteiger charge is 2.03. The van der Waals surface area contributed by atoms with Gasteiger partial charge in [-0.1, -0.05) is 35.9 Å². The van der Waals surface area contributed by atoms with Gasteiger partial charge in [-0.3, -0.25) is 0 Å². The fraction of sp³-hybridized carbons (Fsp3) is 0.111. The van der Waals surface area contributed by atoms with Crippen LogP contribution >= 0.6 is 0 Å². The molecule has 1 heterocycles. The molecular weight excluding hydrogens is 278 g/mol. The van der Waals surface area contributed by atoms with Gasteiger partial charge in [0.15, 0.2) is 0 Å². The summed E-state index contributed by atoms with van der Waals surface area (Å²) in [5, 5.41) is 2.94. The van der Waals surface area contributed by atoms with Gasteiger partial charge >= 0.3 is 0 Å². The molecule has 0 aliphatic rings. The second-order valence-corrected chi connectivity index (χ2v) is 6.44. The first kappa shape index (κ1) is 13.8. The van der Waals surface area contributed by atoms with Crippen LogP contribution < -0.4 is 0 Å². The number of para-hydroxylation sites is 1. The highest BCUT2D eigenvalue weighted by Crippen LogP contribution is 2.20. The van der Waals surface area contributed by atoms with Crippen LogP contribution in [0.4, 0.5) is 0 Å². The molecule has 3 aromatic rings. The summed E-state index contributed by atoms with van der Waals surface area (Å²) in [7, 11) is 0.909. The Morgan fingerprint density at radius 1 is 1.05 bits per heavy atom. The fourth-order valence-corrected chi connectivity index (χ4v) is 3.18. The SMILES string of the molecule is Cc1ccc([S@@](=O)/C=C\c2cc3ccccc3n2C)cc1. The second kappa shape index (κ2) is 5.70. The van der Waals surface area contributed by atoms with E-state index in [1.165, 1.54) is 16.5 Å². The van der Waals surface area contributed by atoms with Gasteiger partial charge < -0.3 is 4.57 Å². The van der Waals surface area contributed by atoms with Crippen molar-refractivity contribution in [2.45, 2.75) is 11.8 Å². The molecular formula is C18H17NOS. The van der Waals surface area contributed by atoms with Crippen molar-refractivity contribution < 1.29 is 4.21 Å². The third-order valence-corrected chi connectivity index (χ3v) is 4.72. The minimum atomic E-state index is -1.12. The number of aromatic nitrogens is 1. The number of hydrogen-bond acceptors (Lipinski definition) is 1. The van der Waals surface area contributed by atoms with Crippen molar-refractivity contribution in [3.8, 4) is 0 Å². The van der Waals surface area contributed by atoms with Crippen LogP contribution in [0.25, 0.3) is 17.0 Å². The average Bonchev–Trinajstić information content (AvgIpc) is 2.82. The van der Waals surface area contributed by atoms with E-state index in [1.54, 1.807) is 5.41 Å². The lowest BCUT2D eigenvalue weighted by Gasteiger charge is -2.00. The molecule has 0 radical (unpaired) electrons. The molecule has 0 amide bonds. The lowest BCUT2D eigenvalue weighted by molar-refractivity contribution is 0.688. The summed E-state index contributed by atoms with van der Waals surface area (Å²) in [6.45, 7) is 2.03. The van der Waals surface area contributed by atoms with Crippen molar-refractivity contribution in [2.24, 2.45) is 7.05 Å². The molecule has 106 valence electrons. The largest absolute Gasteiger partial charge is 0.344 e. The van der Waals surface area contributed by atoms with E-state index in [1.807, 2.05) is 56.4 Å². The summed E-state index contributed by atoms with van der Waals surface area (Å²) in [5.41, 5.74) is 3.41. The smallest absolute Gasteiger partial charge is 0.0776 e. The van der Waals surface area contributed by atoms with Crippen LogP contribution in [0, 0.1) is 6.92 Å². The maximum absolute atomic E-state index is 12.3. The molecule has 3 rings (SSSR count). The zero-order chi connectivity index (χ0) is 14.8. The highest BCUT2D eigenvalue weighted by atomic mass is 32.2. The summed E-state index contributed by atoms with van der Waals surface area (Å²) in [5.74, 6) is 0. The Balaban J connectivity index is 1.89. The minimum Gasteiger partial charge on any atom is -0.344 e. The van der Waals surface area contributed by atoms with Crippen molar-refractivity contribution in [2.75, 3.05) is 0 Å². The maximum atomic E-state index is 12.3. The molecule has 0 aliphatic heterocycles. The van der Waals surface area contributed by atoms with E-state index in [0.717, 1.165) is 10.6 Å². The lowest BCUT2D eigenvalue weighted by Crippen LogP contribution is -1.91. The van der Waals surface area contributed by atoms with Crippen LogP contribution in [0.15, 0.2) is 64.9 Å². The van der Waals surface area contributed by atoms with Gasteiger partial charge in [0, 0.05) is 33.9 Å². The van der Waals surface area contributed by atoms with Gasteiger partial charge in [0.1, 0.15) is 0 Å². The first-order valence-electron chi connectivity index (χ1n) is 6.85. The van der Waals surface area contributed by atoms with E-state index >= 15 is 0 Å². The summed E-state index contributed by atoms with van der Waals surface area (Å²) in [6, 6.07) is 18.1. The number of nitrogens with zero attached hydrogens (tertiary/aromatic N) is 1. The molecule has 2 nitrogen and oxygen atoms in total. The van der Waals surface area contributed by atoms with Crippen molar-refractivity contribution in [3.63, 3.8) is 0 Å². The summed E-state index contributed by atoms with van der Waals surface area (Å²) in [6.07, 6.45) is 1.93. The Morgan fingerprint density at radius 3 is 2.48 bits per heavy atom. The van der Waals surface area contributed by atoms with E-state index in [4.69, 9.17) is 0 Å². The topological polar surface area (TPSA) is 22.0 Å². The van der Waals surface area contributed by atoms with Gasteiger partial charge in [-0.2, -0.15) is 0 Å². The summed E-state index contributed by atoms with van der Waals surface area (Å²) in [4.78, 5) is 0.829. The molecule has 21 heavy (non-hydrogen) atoms. The molecule has 3 heteroatoms. The van der Waals surface area contributed by atoms with E-state index in [9.17, 15) is 4.21 Å². The van der Waals surface area contributed by atoms with Crippen molar-refractivity contribution in [3.05, 3.63) is 71.3 Å². The first-order chi connectivity index (χ1) is 10.1. The molecule has 1 aromatic heterocycles. The quantitative estimate of drug-likeness (QED) is 0.707. The predicted molar refractivity (Wildman–Crippen MR) is 89.5 cm³/mol. The molecule has 0 bridgehead atoms. The first-order valence-corrected chi connectivity index (χ1v) is 8.06. The number of hydrogen-bond donors (Lipinski definition) is 0. The van der Waals surface area contributed by atoms with E-state index in [0.29, 0.717) is 0 Å². The van der Waals surface area contributed by atoms with Crippen molar-refractivity contribution in [1.29, 1.82) is 0 Å². The summed E-state index contributed by atoms with van der Waals surface area (Å²) < 4.78 is 14.4. The molecule has 2 aromatic carbocycles. The Kier molecular flexibility index (Phi) is 3.76. The number of rotatable bonds is 3. The standard InChI is InChI=1S/C18H17NOS/c1-14-7-9-17(10-8-14)21(20)12-11-16-13-15-5-3-4-6-18(15)19(16)2/h3-13H,1-2H3/b12-11-/t21-/m0/s1. The minimum absolute atomic E-state index is 0.829. The Labute approximate surface area is 127 Å². The van der Waals surface area contributed by atoms with Crippen LogP contribution in [0.2, 0.25) is 0 Å². The molecule has 0 saturated carbocycles. The zero-order valence-electron chi connectivity index (χ0n) is 12.1. The fourth-order valence-electron chi connectivity index (χ4n) is 2.35. The van der Waals surface area contributed by atoms with Gasteiger partial charge in [-0.25, -0.2) is 4.21 Å². The number of aryl methyl sites for hydroxylation is 2. The monoisotopic (exact) mass is 295 g/mol. The molecule has 0 spiro atoms. The molecule has 0 fully saturated rings. The molecule has 0 aliphatic carbocycles.